The molecule has 0 aliphatic carbocycles. The largest absolute Gasteiger partial charge is 0.503 e. The van der Waals surface area contributed by atoms with Gasteiger partial charge in [0.15, 0.2) is 11.5 Å². The van der Waals surface area contributed by atoms with Crippen molar-refractivity contribution in [1.82, 2.24) is 9.80 Å². The van der Waals surface area contributed by atoms with Gasteiger partial charge in [-0.05, 0) is 43.6 Å². The standard InChI is InChI=1S/C22H30N2O4/c1-15(2)20(25)18-19(16-7-9-17(28-3)10-8-16)24(22(27)21(18)26)14-13-23-11-5-4-6-12-23/h7-10,15,19,26H,4-6,11-14H2,1-3H3. The van der Waals surface area contributed by atoms with Crippen LogP contribution < -0.4 is 4.74 Å². The van der Waals surface area contributed by atoms with Gasteiger partial charge in [0.1, 0.15) is 5.75 Å². The summed E-state index contributed by atoms with van der Waals surface area (Å²) >= 11 is 0. The molecular weight excluding hydrogens is 356 g/mol. The Morgan fingerprint density at radius 1 is 1.14 bits per heavy atom. The summed E-state index contributed by atoms with van der Waals surface area (Å²) in [5, 5.41) is 10.5. The molecule has 6 nitrogen and oxygen atoms in total. The van der Waals surface area contributed by atoms with E-state index in [1.807, 2.05) is 24.3 Å². The van der Waals surface area contributed by atoms with Crippen molar-refractivity contribution in [2.24, 2.45) is 5.92 Å². The number of Topliss-reactive ketones (excluding diaryl/α,β-unsaturated/α-hetero) is 1. The number of hydrogen-bond acceptors (Lipinski definition) is 5. The van der Waals surface area contributed by atoms with Crippen molar-refractivity contribution in [1.29, 1.82) is 0 Å². The highest BCUT2D eigenvalue weighted by Crippen LogP contribution is 2.39. The molecule has 3 rings (SSSR count). The number of likely N-dealkylation sites (tertiary alicyclic amines) is 1. The molecule has 2 heterocycles. The maximum atomic E-state index is 12.8. The van der Waals surface area contributed by atoms with Crippen LogP contribution in [0.15, 0.2) is 35.6 Å². The van der Waals surface area contributed by atoms with Gasteiger partial charge in [0, 0.05) is 19.0 Å². The molecule has 1 saturated heterocycles. The van der Waals surface area contributed by atoms with Crippen molar-refractivity contribution in [3.8, 4) is 5.75 Å². The highest BCUT2D eigenvalue weighted by atomic mass is 16.5. The summed E-state index contributed by atoms with van der Waals surface area (Å²) < 4.78 is 5.22. The first-order valence-electron chi connectivity index (χ1n) is 10.1. The van der Waals surface area contributed by atoms with Crippen LogP contribution in [-0.2, 0) is 9.59 Å². The molecule has 0 aromatic heterocycles. The first-order valence-corrected chi connectivity index (χ1v) is 10.1. The second kappa shape index (κ2) is 8.78. The van der Waals surface area contributed by atoms with Crippen molar-refractivity contribution in [2.75, 3.05) is 33.3 Å². The number of hydrogen-bond donors (Lipinski definition) is 1. The molecule has 1 fully saturated rings. The van der Waals surface area contributed by atoms with Crippen molar-refractivity contribution >= 4 is 11.7 Å². The molecule has 152 valence electrons. The van der Waals surface area contributed by atoms with Gasteiger partial charge in [-0.1, -0.05) is 32.4 Å². The summed E-state index contributed by atoms with van der Waals surface area (Å²) in [5.74, 6) is -0.641. The minimum absolute atomic E-state index is 0.188. The second-order valence-electron chi connectivity index (χ2n) is 7.86. The highest BCUT2D eigenvalue weighted by molar-refractivity contribution is 6.09. The molecule has 1 amide bonds. The number of piperidine rings is 1. The number of nitrogens with zero attached hydrogens (tertiary/aromatic N) is 2. The topological polar surface area (TPSA) is 70.1 Å². The third-order valence-corrected chi connectivity index (χ3v) is 5.63. The van der Waals surface area contributed by atoms with Crippen LogP contribution in [0.25, 0.3) is 0 Å². The van der Waals surface area contributed by atoms with Crippen LogP contribution >= 0.6 is 0 Å². The van der Waals surface area contributed by atoms with Crippen LogP contribution in [0.2, 0.25) is 0 Å². The zero-order chi connectivity index (χ0) is 20.3. The number of amides is 1. The maximum absolute atomic E-state index is 12.8. The maximum Gasteiger partial charge on any atom is 0.290 e. The van der Waals surface area contributed by atoms with Crippen LogP contribution in [0.4, 0.5) is 0 Å². The molecule has 0 bridgehead atoms. The average molecular weight is 386 g/mol. The number of rotatable bonds is 7. The number of benzene rings is 1. The summed E-state index contributed by atoms with van der Waals surface area (Å²) in [5.41, 5.74) is 1.02. The molecule has 1 aromatic rings. The van der Waals surface area contributed by atoms with E-state index in [-0.39, 0.29) is 17.3 Å². The Morgan fingerprint density at radius 2 is 1.79 bits per heavy atom. The van der Waals surface area contributed by atoms with E-state index < -0.39 is 17.7 Å². The van der Waals surface area contributed by atoms with Gasteiger partial charge in [-0.25, -0.2) is 0 Å². The van der Waals surface area contributed by atoms with Gasteiger partial charge >= 0.3 is 0 Å². The predicted molar refractivity (Wildman–Crippen MR) is 107 cm³/mol. The number of methoxy groups -OCH3 is 1. The lowest BCUT2D eigenvalue weighted by molar-refractivity contribution is -0.129. The summed E-state index contributed by atoms with van der Waals surface area (Å²) in [4.78, 5) is 29.7. The van der Waals surface area contributed by atoms with Gasteiger partial charge in [-0.15, -0.1) is 0 Å². The first kappa shape index (κ1) is 20.4. The van der Waals surface area contributed by atoms with E-state index in [9.17, 15) is 14.7 Å². The Kier molecular flexibility index (Phi) is 6.39. The molecule has 6 heteroatoms. The average Bonchev–Trinajstić information content (AvgIpc) is 2.97. The fourth-order valence-electron chi connectivity index (χ4n) is 4.01. The van der Waals surface area contributed by atoms with Crippen molar-refractivity contribution in [3.05, 3.63) is 41.2 Å². The number of carbonyl (C=O) groups excluding carboxylic acids is 2. The molecule has 1 N–H and O–H groups in total. The van der Waals surface area contributed by atoms with E-state index in [0.29, 0.717) is 12.3 Å². The highest BCUT2D eigenvalue weighted by Gasteiger charge is 2.43. The number of ether oxygens (including phenoxy) is 1. The lowest BCUT2D eigenvalue weighted by atomic mass is 9.91. The third-order valence-electron chi connectivity index (χ3n) is 5.63. The van der Waals surface area contributed by atoms with Gasteiger partial charge < -0.3 is 19.6 Å². The van der Waals surface area contributed by atoms with Crippen molar-refractivity contribution in [3.63, 3.8) is 0 Å². The molecule has 28 heavy (non-hydrogen) atoms. The lowest BCUT2D eigenvalue weighted by Crippen LogP contribution is -2.40. The number of carbonyl (C=O) groups is 2. The number of aliphatic hydroxyl groups excluding tert-OH is 1. The Morgan fingerprint density at radius 3 is 2.36 bits per heavy atom. The van der Waals surface area contributed by atoms with E-state index in [2.05, 4.69) is 4.90 Å². The van der Waals surface area contributed by atoms with E-state index >= 15 is 0 Å². The zero-order valence-electron chi connectivity index (χ0n) is 17.0. The summed E-state index contributed by atoms with van der Waals surface area (Å²) in [6.07, 6.45) is 3.61. The predicted octanol–water partition coefficient (Wildman–Crippen LogP) is 3.10. The molecule has 0 spiro atoms. The normalized spacial score (nSPS) is 20.9. The Bertz CT molecular complexity index is 748. The molecule has 1 aromatic carbocycles. The molecule has 2 aliphatic rings. The van der Waals surface area contributed by atoms with Crippen LogP contribution in [0, 0.1) is 5.92 Å². The van der Waals surface area contributed by atoms with Gasteiger partial charge in [-0.3, -0.25) is 9.59 Å². The summed E-state index contributed by atoms with van der Waals surface area (Å²) in [7, 11) is 1.60. The van der Waals surface area contributed by atoms with Crippen LogP contribution in [0.5, 0.6) is 5.75 Å². The monoisotopic (exact) mass is 386 g/mol. The van der Waals surface area contributed by atoms with E-state index in [1.165, 1.54) is 19.3 Å². The first-order chi connectivity index (χ1) is 13.4. The molecule has 1 unspecified atom stereocenters. The zero-order valence-corrected chi connectivity index (χ0v) is 17.0. The van der Waals surface area contributed by atoms with Crippen molar-refractivity contribution < 1.29 is 19.4 Å². The molecule has 1 atom stereocenters. The second-order valence-corrected chi connectivity index (χ2v) is 7.86. The number of aliphatic hydroxyl groups is 1. The minimum Gasteiger partial charge on any atom is -0.503 e. The third kappa shape index (κ3) is 4.07. The van der Waals surface area contributed by atoms with E-state index in [0.717, 1.165) is 25.2 Å². The van der Waals surface area contributed by atoms with E-state index in [1.54, 1.807) is 25.9 Å². The van der Waals surface area contributed by atoms with Crippen LogP contribution in [-0.4, -0.2) is 59.9 Å². The molecule has 0 saturated carbocycles. The Balaban J connectivity index is 1.90. The Hall–Kier alpha value is -2.34. The molecular formula is C22H30N2O4. The van der Waals surface area contributed by atoms with Gasteiger partial charge in [-0.2, -0.15) is 0 Å². The lowest BCUT2D eigenvalue weighted by Gasteiger charge is -2.32. The van der Waals surface area contributed by atoms with Crippen LogP contribution in [0.3, 0.4) is 0 Å². The quantitative estimate of drug-likeness (QED) is 0.780. The van der Waals surface area contributed by atoms with Gasteiger partial charge in [0.25, 0.3) is 5.91 Å². The Labute approximate surface area is 166 Å². The van der Waals surface area contributed by atoms with Crippen molar-refractivity contribution in [2.45, 2.75) is 39.2 Å². The molecule has 2 aliphatic heterocycles. The van der Waals surface area contributed by atoms with Crippen LogP contribution in [0.1, 0.15) is 44.7 Å². The SMILES string of the molecule is COc1ccc(C2C(C(=O)C(C)C)=C(O)C(=O)N2CCN2CCCCC2)cc1. The summed E-state index contributed by atoms with van der Waals surface area (Å²) in [6, 6.07) is 6.79. The van der Waals surface area contributed by atoms with Gasteiger partial charge in [0.2, 0.25) is 0 Å². The fraction of sp³-hybridized carbons (Fsp3) is 0.545. The fourth-order valence-corrected chi connectivity index (χ4v) is 4.01. The number of ketones is 1. The van der Waals surface area contributed by atoms with E-state index in [4.69, 9.17) is 4.74 Å². The smallest absolute Gasteiger partial charge is 0.290 e. The summed E-state index contributed by atoms with van der Waals surface area (Å²) in [6.45, 7) is 6.87. The minimum atomic E-state index is -0.557. The van der Waals surface area contributed by atoms with Gasteiger partial charge in [0.05, 0.1) is 18.7 Å². The molecule has 0 radical (unpaired) electrons.